The number of benzene rings is 2. The number of rotatable bonds is 6. The molecule has 1 unspecified atom stereocenters. The molecule has 2 aromatic carbocycles. The van der Waals surface area contributed by atoms with Crippen LogP contribution in [0.25, 0.3) is 0 Å². The Labute approximate surface area is 157 Å². The molecule has 2 aromatic rings. The SMILES string of the molecule is Cc1ccc(C(CNC(=O)Cc2ccccc2)N2CCCCCC2)cc1. The van der Waals surface area contributed by atoms with Crippen molar-refractivity contribution in [1.29, 1.82) is 0 Å². The fourth-order valence-electron chi connectivity index (χ4n) is 3.71. The summed E-state index contributed by atoms with van der Waals surface area (Å²) in [5.41, 5.74) is 3.64. The number of carbonyl (C=O) groups excluding carboxylic acids is 1. The van der Waals surface area contributed by atoms with Crippen molar-refractivity contribution in [2.75, 3.05) is 19.6 Å². The highest BCUT2D eigenvalue weighted by molar-refractivity contribution is 5.78. The van der Waals surface area contributed by atoms with Crippen LogP contribution in [0.2, 0.25) is 0 Å². The quantitative estimate of drug-likeness (QED) is 0.844. The highest BCUT2D eigenvalue weighted by Gasteiger charge is 2.22. The van der Waals surface area contributed by atoms with Gasteiger partial charge in [-0.05, 0) is 44.0 Å². The van der Waals surface area contributed by atoms with Crippen molar-refractivity contribution in [3.8, 4) is 0 Å². The molecule has 26 heavy (non-hydrogen) atoms. The summed E-state index contributed by atoms with van der Waals surface area (Å²) in [7, 11) is 0. The predicted octanol–water partition coefficient (Wildman–Crippen LogP) is 4.27. The van der Waals surface area contributed by atoms with Crippen molar-refractivity contribution in [3.05, 3.63) is 71.3 Å². The van der Waals surface area contributed by atoms with Crippen LogP contribution >= 0.6 is 0 Å². The van der Waals surface area contributed by atoms with Gasteiger partial charge in [-0.1, -0.05) is 73.0 Å². The molecule has 1 heterocycles. The zero-order chi connectivity index (χ0) is 18.2. The zero-order valence-corrected chi connectivity index (χ0v) is 15.8. The molecular weight excluding hydrogens is 320 g/mol. The van der Waals surface area contributed by atoms with Crippen LogP contribution in [0.15, 0.2) is 54.6 Å². The Morgan fingerprint density at radius 3 is 2.27 bits per heavy atom. The van der Waals surface area contributed by atoms with Crippen molar-refractivity contribution >= 4 is 5.91 Å². The maximum atomic E-state index is 12.4. The molecule has 0 saturated carbocycles. The standard InChI is InChI=1S/C23H30N2O/c1-19-11-13-21(14-12-19)22(25-15-7-2-3-8-16-25)18-24-23(26)17-20-9-5-4-6-10-20/h4-6,9-14,22H,2-3,7-8,15-18H2,1H3,(H,24,26). The van der Waals surface area contributed by atoms with Gasteiger partial charge in [0, 0.05) is 6.54 Å². The van der Waals surface area contributed by atoms with Gasteiger partial charge in [0.1, 0.15) is 0 Å². The molecule has 1 aliphatic heterocycles. The van der Waals surface area contributed by atoms with Gasteiger partial charge in [0.2, 0.25) is 5.91 Å². The molecule has 0 aromatic heterocycles. The van der Waals surface area contributed by atoms with Crippen LogP contribution in [0, 0.1) is 6.92 Å². The summed E-state index contributed by atoms with van der Waals surface area (Å²) in [6.45, 7) is 5.03. The van der Waals surface area contributed by atoms with E-state index in [1.165, 1.54) is 36.8 Å². The van der Waals surface area contributed by atoms with E-state index in [1.54, 1.807) is 0 Å². The van der Waals surface area contributed by atoms with E-state index in [-0.39, 0.29) is 11.9 Å². The molecule has 3 nitrogen and oxygen atoms in total. The second-order valence-corrected chi connectivity index (χ2v) is 7.34. The number of aryl methyl sites for hydroxylation is 1. The van der Waals surface area contributed by atoms with E-state index in [0.29, 0.717) is 13.0 Å². The minimum Gasteiger partial charge on any atom is -0.354 e. The van der Waals surface area contributed by atoms with Crippen molar-refractivity contribution < 1.29 is 4.79 Å². The summed E-state index contributed by atoms with van der Waals surface area (Å²) in [6, 6.07) is 19.0. The molecule has 1 fully saturated rings. The maximum absolute atomic E-state index is 12.4. The number of nitrogens with one attached hydrogen (secondary N) is 1. The number of carbonyl (C=O) groups is 1. The average Bonchev–Trinajstić information content (AvgIpc) is 2.93. The van der Waals surface area contributed by atoms with E-state index < -0.39 is 0 Å². The Hall–Kier alpha value is -2.13. The molecule has 3 heteroatoms. The van der Waals surface area contributed by atoms with Gasteiger partial charge < -0.3 is 5.32 Å². The van der Waals surface area contributed by atoms with E-state index >= 15 is 0 Å². The Morgan fingerprint density at radius 1 is 0.962 bits per heavy atom. The predicted molar refractivity (Wildman–Crippen MR) is 107 cm³/mol. The Morgan fingerprint density at radius 2 is 1.62 bits per heavy atom. The fourth-order valence-corrected chi connectivity index (χ4v) is 3.71. The van der Waals surface area contributed by atoms with E-state index in [4.69, 9.17) is 0 Å². The van der Waals surface area contributed by atoms with Crippen molar-refractivity contribution in [2.45, 2.75) is 45.1 Å². The summed E-state index contributed by atoms with van der Waals surface area (Å²) < 4.78 is 0. The minimum atomic E-state index is 0.100. The van der Waals surface area contributed by atoms with Gasteiger partial charge in [-0.25, -0.2) is 0 Å². The summed E-state index contributed by atoms with van der Waals surface area (Å²) in [6.07, 6.45) is 5.58. The molecule has 138 valence electrons. The van der Waals surface area contributed by atoms with Crippen molar-refractivity contribution in [2.24, 2.45) is 0 Å². The van der Waals surface area contributed by atoms with Crippen LogP contribution in [0.3, 0.4) is 0 Å². The third kappa shape index (κ3) is 5.43. The highest BCUT2D eigenvalue weighted by atomic mass is 16.1. The summed E-state index contributed by atoms with van der Waals surface area (Å²) in [4.78, 5) is 15.0. The molecule has 0 bridgehead atoms. The molecule has 1 saturated heterocycles. The molecule has 0 aliphatic carbocycles. The lowest BCUT2D eigenvalue weighted by atomic mass is 10.0. The van der Waals surface area contributed by atoms with Gasteiger partial charge in [0.25, 0.3) is 0 Å². The van der Waals surface area contributed by atoms with E-state index in [9.17, 15) is 4.79 Å². The van der Waals surface area contributed by atoms with Crippen LogP contribution < -0.4 is 5.32 Å². The largest absolute Gasteiger partial charge is 0.354 e. The molecular formula is C23H30N2O. The van der Waals surface area contributed by atoms with Gasteiger partial charge in [-0.3, -0.25) is 9.69 Å². The Kier molecular flexibility index (Phi) is 6.84. The fraction of sp³-hybridized carbons (Fsp3) is 0.435. The smallest absolute Gasteiger partial charge is 0.224 e. The first-order valence-corrected chi connectivity index (χ1v) is 9.83. The Balaban J connectivity index is 1.66. The van der Waals surface area contributed by atoms with Crippen LogP contribution in [-0.4, -0.2) is 30.4 Å². The topological polar surface area (TPSA) is 32.3 Å². The van der Waals surface area contributed by atoms with Gasteiger partial charge in [-0.2, -0.15) is 0 Å². The van der Waals surface area contributed by atoms with Gasteiger partial charge >= 0.3 is 0 Å². The zero-order valence-electron chi connectivity index (χ0n) is 15.8. The first-order chi connectivity index (χ1) is 12.7. The number of hydrogen-bond acceptors (Lipinski definition) is 2. The van der Waals surface area contributed by atoms with Gasteiger partial charge in [-0.15, -0.1) is 0 Å². The average molecular weight is 351 g/mol. The van der Waals surface area contributed by atoms with E-state index in [1.807, 2.05) is 30.3 Å². The summed E-state index contributed by atoms with van der Waals surface area (Å²) in [5, 5.41) is 3.18. The number of amides is 1. The lowest BCUT2D eigenvalue weighted by molar-refractivity contribution is -0.120. The lowest BCUT2D eigenvalue weighted by Crippen LogP contribution is -2.39. The first kappa shape index (κ1) is 18.7. The molecule has 3 rings (SSSR count). The molecule has 0 spiro atoms. The second kappa shape index (κ2) is 9.54. The third-order valence-electron chi connectivity index (χ3n) is 5.24. The second-order valence-electron chi connectivity index (χ2n) is 7.34. The third-order valence-corrected chi connectivity index (χ3v) is 5.24. The van der Waals surface area contributed by atoms with E-state index in [2.05, 4.69) is 41.4 Å². The first-order valence-electron chi connectivity index (χ1n) is 9.83. The highest BCUT2D eigenvalue weighted by Crippen LogP contribution is 2.24. The molecule has 1 aliphatic rings. The normalized spacial score (nSPS) is 16.7. The van der Waals surface area contributed by atoms with Crippen LogP contribution in [0.5, 0.6) is 0 Å². The van der Waals surface area contributed by atoms with Crippen LogP contribution in [0.1, 0.15) is 48.4 Å². The van der Waals surface area contributed by atoms with Crippen LogP contribution in [-0.2, 0) is 11.2 Å². The van der Waals surface area contributed by atoms with Gasteiger partial charge in [0.05, 0.1) is 12.5 Å². The maximum Gasteiger partial charge on any atom is 0.224 e. The summed E-state index contributed by atoms with van der Waals surface area (Å²) >= 11 is 0. The summed E-state index contributed by atoms with van der Waals surface area (Å²) in [5.74, 6) is 0.100. The number of likely N-dealkylation sites (tertiary alicyclic amines) is 1. The molecule has 1 atom stereocenters. The Bertz CT molecular complexity index is 673. The molecule has 1 N–H and O–H groups in total. The van der Waals surface area contributed by atoms with E-state index in [0.717, 1.165) is 18.7 Å². The van der Waals surface area contributed by atoms with Gasteiger partial charge in [0.15, 0.2) is 0 Å². The van der Waals surface area contributed by atoms with Crippen LogP contribution in [0.4, 0.5) is 0 Å². The monoisotopic (exact) mass is 350 g/mol. The number of hydrogen-bond donors (Lipinski definition) is 1. The number of nitrogens with zero attached hydrogens (tertiary/aromatic N) is 1. The van der Waals surface area contributed by atoms with Crippen molar-refractivity contribution in [1.82, 2.24) is 10.2 Å². The van der Waals surface area contributed by atoms with Crippen molar-refractivity contribution in [3.63, 3.8) is 0 Å². The lowest BCUT2D eigenvalue weighted by Gasteiger charge is -2.31. The minimum absolute atomic E-state index is 0.100. The molecule has 1 amide bonds. The molecule has 0 radical (unpaired) electrons.